The fourth-order valence-corrected chi connectivity index (χ4v) is 2.88. The van der Waals surface area contributed by atoms with Gasteiger partial charge in [-0.15, -0.1) is 5.10 Å². The van der Waals surface area contributed by atoms with Crippen LogP contribution in [0.25, 0.3) is 0 Å². The van der Waals surface area contributed by atoms with E-state index in [0.717, 1.165) is 31.1 Å². The van der Waals surface area contributed by atoms with Crippen LogP contribution >= 0.6 is 11.3 Å². The normalized spacial score (nSPS) is 14.4. The van der Waals surface area contributed by atoms with Crippen LogP contribution in [0.2, 0.25) is 0 Å². The van der Waals surface area contributed by atoms with Crippen LogP contribution in [-0.2, 0) is 13.1 Å². The largest absolute Gasteiger partial charge is 0.348 e. The molecule has 2 heterocycles. The molecule has 1 fully saturated rings. The summed E-state index contributed by atoms with van der Waals surface area (Å²) in [4.78, 5) is 2.38. The van der Waals surface area contributed by atoms with E-state index in [4.69, 9.17) is 0 Å². The molecule has 1 saturated carbocycles. The van der Waals surface area contributed by atoms with Gasteiger partial charge in [-0.05, 0) is 53.9 Å². The van der Waals surface area contributed by atoms with Crippen molar-refractivity contribution in [2.45, 2.75) is 38.9 Å². The first-order chi connectivity index (χ1) is 9.86. The van der Waals surface area contributed by atoms with Gasteiger partial charge < -0.3 is 10.2 Å². The molecule has 1 N–H and O–H groups in total. The highest BCUT2D eigenvalue weighted by Gasteiger charge is 2.30. The average molecular weight is 288 g/mol. The summed E-state index contributed by atoms with van der Waals surface area (Å²) in [5.41, 5.74) is 2.36. The average Bonchev–Trinajstić information content (AvgIpc) is 3.20. The minimum Gasteiger partial charge on any atom is -0.348 e. The number of hydrogen-bond acceptors (Lipinski definition) is 5. The van der Waals surface area contributed by atoms with Crippen LogP contribution in [0.4, 0.5) is 5.82 Å². The second kappa shape index (κ2) is 6.33. The van der Waals surface area contributed by atoms with Gasteiger partial charge in [-0.2, -0.15) is 16.4 Å². The van der Waals surface area contributed by atoms with Gasteiger partial charge >= 0.3 is 0 Å². The number of nitrogens with zero attached hydrogens (tertiary/aromatic N) is 3. The Hall–Kier alpha value is -1.46. The smallest absolute Gasteiger partial charge is 0.151 e. The van der Waals surface area contributed by atoms with E-state index in [9.17, 15) is 0 Å². The Morgan fingerprint density at radius 1 is 1.30 bits per heavy atom. The Morgan fingerprint density at radius 3 is 2.80 bits per heavy atom. The summed E-state index contributed by atoms with van der Waals surface area (Å²) in [5, 5.41) is 16.3. The van der Waals surface area contributed by atoms with Crippen LogP contribution in [0.1, 0.15) is 31.0 Å². The van der Waals surface area contributed by atoms with Gasteiger partial charge in [-0.25, -0.2) is 0 Å². The number of nitrogens with one attached hydrogen (secondary N) is 1. The Balaban J connectivity index is 1.70. The molecule has 0 aliphatic heterocycles. The molecule has 106 valence electrons. The van der Waals surface area contributed by atoms with E-state index in [0.29, 0.717) is 6.04 Å². The van der Waals surface area contributed by atoms with Crippen LogP contribution in [-0.4, -0.2) is 22.8 Å². The molecule has 0 saturated heterocycles. The molecule has 0 radical (unpaired) electrons. The monoisotopic (exact) mass is 288 g/mol. The van der Waals surface area contributed by atoms with Gasteiger partial charge in [0.05, 0.1) is 5.69 Å². The Kier molecular flexibility index (Phi) is 4.28. The van der Waals surface area contributed by atoms with Crippen molar-refractivity contribution in [2.24, 2.45) is 0 Å². The van der Waals surface area contributed by atoms with E-state index < -0.39 is 0 Å². The van der Waals surface area contributed by atoms with Crippen LogP contribution in [0.5, 0.6) is 0 Å². The zero-order valence-corrected chi connectivity index (χ0v) is 12.6. The van der Waals surface area contributed by atoms with Gasteiger partial charge in [0.25, 0.3) is 0 Å². The third-order valence-corrected chi connectivity index (χ3v) is 4.21. The maximum absolute atomic E-state index is 4.41. The summed E-state index contributed by atoms with van der Waals surface area (Å²) < 4.78 is 0. The molecule has 0 amide bonds. The Bertz CT molecular complexity index is 519. The van der Waals surface area contributed by atoms with Crippen LogP contribution in [0.15, 0.2) is 29.0 Å². The maximum atomic E-state index is 4.41. The van der Waals surface area contributed by atoms with Crippen molar-refractivity contribution in [3.63, 3.8) is 0 Å². The van der Waals surface area contributed by atoms with Gasteiger partial charge in [-0.3, -0.25) is 0 Å². The lowest BCUT2D eigenvalue weighted by Gasteiger charge is -2.22. The van der Waals surface area contributed by atoms with E-state index in [1.165, 1.54) is 18.4 Å². The first-order valence-corrected chi connectivity index (χ1v) is 8.12. The first-order valence-electron chi connectivity index (χ1n) is 7.18. The summed E-state index contributed by atoms with van der Waals surface area (Å²) in [6.07, 6.45) is 2.54. The van der Waals surface area contributed by atoms with Gasteiger partial charge in [0.1, 0.15) is 0 Å². The Labute approximate surface area is 123 Å². The summed E-state index contributed by atoms with van der Waals surface area (Å²) in [6, 6.07) is 7.01. The van der Waals surface area contributed by atoms with Gasteiger partial charge in [-0.1, -0.05) is 6.92 Å². The van der Waals surface area contributed by atoms with E-state index in [-0.39, 0.29) is 0 Å². The summed E-state index contributed by atoms with van der Waals surface area (Å²) >= 11 is 1.75. The highest BCUT2D eigenvalue weighted by Crippen LogP contribution is 2.32. The van der Waals surface area contributed by atoms with E-state index >= 15 is 0 Å². The molecular formula is C15H20N4S. The number of aromatic nitrogens is 2. The molecule has 0 spiro atoms. The number of hydrogen-bond donors (Lipinski definition) is 1. The topological polar surface area (TPSA) is 41.0 Å². The highest BCUT2D eigenvalue weighted by molar-refractivity contribution is 7.07. The highest BCUT2D eigenvalue weighted by atomic mass is 32.1. The molecule has 0 unspecified atom stereocenters. The second-order valence-electron chi connectivity index (χ2n) is 5.15. The second-order valence-corrected chi connectivity index (χ2v) is 5.93. The molecule has 2 aromatic rings. The van der Waals surface area contributed by atoms with Crippen LogP contribution in [0, 0.1) is 0 Å². The minimum absolute atomic E-state index is 0.642. The fourth-order valence-electron chi connectivity index (χ4n) is 2.22. The lowest BCUT2D eigenvalue weighted by atomic mass is 10.3. The minimum atomic E-state index is 0.642. The number of anilines is 1. The number of thiophene rings is 1. The van der Waals surface area contributed by atoms with Crippen molar-refractivity contribution in [2.75, 3.05) is 11.4 Å². The quantitative estimate of drug-likeness (QED) is 0.850. The van der Waals surface area contributed by atoms with Crippen LogP contribution < -0.4 is 10.2 Å². The standard InChI is InChI=1S/C15H20N4S/c1-2-16-9-13-3-6-15(18-17-13)19(14-4-5-14)10-12-7-8-20-11-12/h3,6-8,11,14,16H,2,4-5,9-10H2,1H3. The molecule has 0 atom stereocenters. The van der Waals surface area contributed by atoms with E-state index in [1.54, 1.807) is 11.3 Å². The molecule has 0 aromatic carbocycles. The molecule has 1 aliphatic rings. The maximum Gasteiger partial charge on any atom is 0.151 e. The third-order valence-electron chi connectivity index (χ3n) is 3.48. The zero-order chi connectivity index (χ0) is 13.8. The third kappa shape index (κ3) is 3.35. The molecule has 20 heavy (non-hydrogen) atoms. The van der Waals surface area contributed by atoms with E-state index in [2.05, 4.69) is 56.3 Å². The Morgan fingerprint density at radius 2 is 2.20 bits per heavy atom. The van der Waals surface area contributed by atoms with Gasteiger partial charge in [0, 0.05) is 19.1 Å². The van der Waals surface area contributed by atoms with Crippen molar-refractivity contribution >= 4 is 17.2 Å². The molecule has 4 nitrogen and oxygen atoms in total. The molecule has 5 heteroatoms. The molecular weight excluding hydrogens is 268 g/mol. The van der Waals surface area contributed by atoms with Gasteiger partial charge in [0.2, 0.25) is 0 Å². The van der Waals surface area contributed by atoms with Crippen molar-refractivity contribution in [1.29, 1.82) is 0 Å². The van der Waals surface area contributed by atoms with E-state index in [1.807, 2.05) is 0 Å². The summed E-state index contributed by atoms with van der Waals surface area (Å²) in [5.74, 6) is 0.999. The molecule has 3 rings (SSSR count). The zero-order valence-electron chi connectivity index (χ0n) is 11.7. The first kappa shape index (κ1) is 13.5. The predicted octanol–water partition coefficient (Wildman–Crippen LogP) is 2.82. The fraction of sp³-hybridized carbons (Fsp3) is 0.467. The van der Waals surface area contributed by atoms with Crippen LogP contribution in [0.3, 0.4) is 0 Å². The lowest BCUT2D eigenvalue weighted by Crippen LogP contribution is -2.26. The number of rotatable bonds is 7. The van der Waals surface area contributed by atoms with Crippen molar-refractivity contribution in [3.05, 3.63) is 40.2 Å². The SMILES string of the molecule is CCNCc1ccc(N(Cc2ccsc2)C2CC2)nn1. The predicted molar refractivity (Wildman–Crippen MR) is 82.9 cm³/mol. The molecule has 0 bridgehead atoms. The molecule has 2 aromatic heterocycles. The molecule has 1 aliphatic carbocycles. The summed E-state index contributed by atoms with van der Waals surface area (Å²) in [6.45, 7) is 4.78. The van der Waals surface area contributed by atoms with Crippen molar-refractivity contribution in [1.82, 2.24) is 15.5 Å². The summed E-state index contributed by atoms with van der Waals surface area (Å²) in [7, 11) is 0. The lowest BCUT2D eigenvalue weighted by molar-refractivity contribution is 0.691. The van der Waals surface area contributed by atoms with Gasteiger partial charge in [0.15, 0.2) is 5.82 Å². The van der Waals surface area contributed by atoms with Crippen molar-refractivity contribution < 1.29 is 0 Å². The van der Waals surface area contributed by atoms with Crippen molar-refractivity contribution in [3.8, 4) is 0 Å².